The molecule has 1 aliphatic rings. The van der Waals surface area contributed by atoms with Crippen LogP contribution in [-0.4, -0.2) is 30.9 Å². The van der Waals surface area contributed by atoms with E-state index < -0.39 is 5.82 Å². The maximum absolute atomic E-state index is 13.4. The van der Waals surface area contributed by atoms with Gasteiger partial charge in [-0.2, -0.15) is 4.98 Å². The summed E-state index contributed by atoms with van der Waals surface area (Å²) in [5.74, 6) is 0.263. The van der Waals surface area contributed by atoms with Gasteiger partial charge in [-0.15, -0.1) is 6.58 Å². The molecule has 156 valence electrons. The molecule has 0 amide bonds. The van der Waals surface area contributed by atoms with Crippen LogP contribution in [0.1, 0.15) is 11.1 Å². The van der Waals surface area contributed by atoms with Crippen molar-refractivity contribution >= 4 is 22.7 Å². The summed E-state index contributed by atoms with van der Waals surface area (Å²) in [5.41, 5.74) is 3.54. The Labute approximate surface area is 177 Å². The van der Waals surface area contributed by atoms with Gasteiger partial charge in [-0.1, -0.05) is 12.1 Å². The van der Waals surface area contributed by atoms with Gasteiger partial charge in [-0.3, -0.25) is 4.79 Å². The Morgan fingerprint density at radius 2 is 2.10 bits per heavy atom. The predicted molar refractivity (Wildman–Crippen MR) is 116 cm³/mol. The molecule has 8 nitrogen and oxygen atoms in total. The Kier molecular flexibility index (Phi) is 4.79. The molecule has 0 bridgehead atoms. The number of nitrogens with one attached hydrogen (secondary N) is 2. The molecule has 0 saturated heterocycles. The van der Waals surface area contributed by atoms with Crippen LogP contribution >= 0.6 is 0 Å². The molecule has 4 heterocycles. The van der Waals surface area contributed by atoms with E-state index in [1.807, 2.05) is 6.07 Å². The van der Waals surface area contributed by atoms with Gasteiger partial charge < -0.3 is 10.6 Å². The average molecular weight is 417 g/mol. The van der Waals surface area contributed by atoms with Crippen molar-refractivity contribution in [3.8, 4) is 5.82 Å². The summed E-state index contributed by atoms with van der Waals surface area (Å²) in [6.45, 7) is 5.77. The minimum Gasteiger partial charge on any atom is -0.324 e. The zero-order valence-electron chi connectivity index (χ0n) is 16.7. The van der Waals surface area contributed by atoms with E-state index in [0.29, 0.717) is 22.8 Å². The number of nitrogens with zero attached hydrogens (tertiary/aromatic N) is 5. The lowest BCUT2D eigenvalue weighted by Gasteiger charge is -2.18. The Balaban J connectivity index is 1.60. The Morgan fingerprint density at radius 3 is 2.90 bits per heavy atom. The number of hydrogen-bond acceptors (Lipinski definition) is 6. The van der Waals surface area contributed by atoms with Crippen LogP contribution in [0.15, 0.2) is 60.2 Å². The summed E-state index contributed by atoms with van der Waals surface area (Å²) in [5, 5.41) is 6.93. The largest absolute Gasteiger partial charge is 0.324 e. The number of benzene rings is 1. The van der Waals surface area contributed by atoms with Crippen molar-refractivity contribution in [2.45, 2.75) is 19.5 Å². The van der Waals surface area contributed by atoms with Crippen molar-refractivity contribution in [2.75, 3.05) is 11.9 Å². The van der Waals surface area contributed by atoms with Crippen LogP contribution in [0.4, 0.5) is 16.0 Å². The monoisotopic (exact) mass is 417 g/mol. The summed E-state index contributed by atoms with van der Waals surface area (Å²) >= 11 is 0. The third-order valence-electron chi connectivity index (χ3n) is 5.26. The zero-order valence-corrected chi connectivity index (χ0v) is 16.7. The first kappa shape index (κ1) is 19.1. The highest BCUT2D eigenvalue weighted by atomic mass is 19.1. The number of fused-ring (bicyclic) bond motifs is 2. The molecule has 4 aromatic rings. The van der Waals surface area contributed by atoms with Crippen LogP contribution in [0, 0.1) is 5.82 Å². The molecule has 0 atom stereocenters. The molecule has 0 spiro atoms. The summed E-state index contributed by atoms with van der Waals surface area (Å²) in [6.07, 6.45) is 5.21. The van der Waals surface area contributed by atoms with Gasteiger partial charge in [0.05, 0.1) is 12.7 Å². The molecule has 0 radical (unpaired) electrons. The molecule has 9 heteroatoms. The summed E-state index contributed by atoms with van der Waals surface area (Å²) < 4.78 is 16.4. The number of halogens is 1. The highest BCUT2D eigenvalue weighted by Gasteiger charge is 2.18. The second kappa shape index (κ2) is 7.77. The van der Waals surface area contributed by atoms with Crippen LogP contribution < -0.4 is 16.2 Å². The van der Waals surface area contributed by atoms with E-state index >= 15 is 0 Å². The third kappa shape index (κ3) is 3.49. The van der Waals surface area contributed by atoms with Gasteiger partial charge >= 0.3 is 0 Å². The van der Waals surface area contributed by atoms with E-state index in [4.69, 9.17) is 0 Å². The number of pyridine rings is 1. The maximum Gasteiger partial charge on any atom is 0.278 e. The van der Waals surface area contributed by atoms with E-state index in [0.717, 1.165) is 31.4 Å². The van der Waals surface area contributed by atoms with Crippen molar-refractivity contribution in [1.29, 1.82) is 0 Å². The first-order valence-electron chi connectivity index (χ1n) is 9.95. The fourth-order valence-corrected chi connectivity index (χ4v) is 3.79. The Bertz CT molecular complexity index is 1340. The molecule has 2 N–H and O–H groups in total. The lowest BCUT2D eigenvalue weighted by atomic mass is 10.0. The van der Waals surface area contributed by atoms with Gasteiger partial charge in [-0.05, 0) is 48.4 Å². The van der Waals surface area contributed by atoms with Gasteiger partial charge in [0.15, 0.2) is 11.5 Å². The molecular weight excluding hydrogens is 397 g/mol. The highest BCUT2D eigenvalue weighted by molar-refractivity contribution is 5.77. The van der Waals surface area contributed by atoms with Crippen LogP contribution in [-0.2, 0) is 19.5 Å². The summed E-state index contributed by atoms with van der Waals surface area (Å²) in [6, 6.07) is 8.97. The zero-order chi connectivity index (χ0) is 21.4. The molecule has 5 rings (SSSR count). The van der Waals surface area contributed by atoms with Gasteiger partial charge in [0.25, 0.3) is 5.56 Å². The fraction of sp³-hybridized carbons (Fsp3) is 0.182. The Hall–Kier alpha value is -3.85. The number of aromatic nitrogens is 5. The smallest absolute Gasteiger partial charge is 0.278 e. The van der Waals surface area contributed by atoms with Gasteiger partial charge in [0, 0.05) is 18.4 Å². The van der Waals surface area contributed by atoms with Crippen molar-refractivity contribution in [3.63, 3.8) is 0 Å². The molecule has 0 saturated carbocycles. The SMILES string of the molecule is C=CCn1c(=O)c2cnc(Nc3ccc4c(c3)CNCC4)nc2n1-c1ccc(F)cn1. The molecule has 3 aromatic heterocycles. The highest BCUT2D eigenvalue weighted by Crippen LogP contribution is 2.22. The van der Waals surface area contributed by atoms with Crippen molar-refractivity contribution in [3.05, 3.63) is 82.7 Å². The maximum atomic E-state index is 13.4. The van der Waals surface area contributed by atoms with Crippen LogP contribution in [0.5, 0.6) is 0 Å². The average Bonchev–Trinajstić information content (AvgIpc) is 3.06. The second-order valence-electron chi connectivity index (χ2n) is 7.29. The predicted octanol–water partition coefficient (Wildman–Crippen LogP) is 2.69. The van der Waals surface area contributed by atoms with E-state index in [1.165, 1.54) is 34.1 Å². The molecule has 0 fully saturated rings. The molecular formula is C22H20FN7O. The molecule has 1 aliphatic heterocycles. The molecule has 31 heavy (non-hydrogen) atoms. The van der Waals surface area contributed by atoms with E-state index in [1.54, 1.807) is 10.8 Å². The van der Waals surface area contributed by atoms with Gasteiger partial charge in [0.1, 0.15) is 11.2 Å². The van der Waals surface area contributed by atoms with Gasteiger partial charge in [-0.25, -0.2) is 23.7 Å². The Morgan fingerprint density at radius 1 is 1.19 bits per heavy atom. The van der Waals surface area contributed by atoms with Crippen LogP contribution in [0.2, 0.25) is 0 Å². The first-order chi connectivity index (χ1) is 15.1. The van der Waals surface area contributed by atoms with Crippen LogP contribution in [0.3, 0.4) is 0 Å². The lowest BCUT2D eigenvalue weighted by molar-refractivity contribution is 0.587. The van der Waals surface area contributed by atoms with E-state index in [-0.39, 0.29) is 12.1 Å². The molecule has 1 aromatic carbocycles. The third-order valence-corrected chi connectivity index (χ3v) is 5.26. The minimum absolute atomic E-state index is 0.245. The topological polar surface area (TPSA) is 89.7 Å². The van der Waals surface area contributed by atoms with Crippen molar-refractivity contribution < 1.29 is 4.39 Å². The number of rotatable bonds is 5. The van der Waals surface area contributed by atoms with E-state index in [2.05, 4.69) is 44.3 Å². The standard InChI is InChI=1S/C22H20FN7O/c1-2-9-29-21(31)18-13-26-22(27-17-5-3-14-7-8-24-11-15(14)10-17)28-20(18)30(29)19-6-4-16(23)12-25-19/h2-6,10,12-13,24H,1,7-9,11H2,(H,26,27,28). The van der Waals surface area contributed by atoms with Gasteiger partial charge in [0.2, 0.25) is 5.95 Å². The quantitative estimate of drug-likeness (QED) is 0.486. The molecule has 0 aliphatic carbocycles. The number of hydrogen-bond donors (Lipinski definition) is 2. The van der Waals surface area contributed by atoms with Crippen LogP contribution in [0.25, 0.3) is 16.9 Å². The second-order valence-corrected chi connectivity index (χ2v) is 7.29. The normalized spacial score (nSPS) is 13.2. The number of anilines is 2. The minimum atomic E-state index is -0.461. The summed E-state index contributed by atoms with van der Waals surface area (Å²) in [7, 11) is 0. The lowest BCUT2D eigenvalue weighted by Crippen LogP contribution is -2.23. The number of allylic oxidation sites excluding steroid dienone is 1. The van der Waals surface area contributed by atoms with Crippen molar-refractivity contribution in [2.24, 2.45) is 0 Å². The van der Waals surface area contributed by atoms with E-state index in [9.17, 15) is 9.18 Å². The molecule has 0 unspecified atom stereocenters. The summed E-state index contributed by atoms with van der Waals surface area (Å²) in [4.78, 5) is 25.9. The fourth-order valence-electron chi connectivity index (χ4n) is 3.79. The first-order valence-corrected chi connectivity index (χ1v) is 9.95. The van der Waals surface area contributed by atoms with Crippen molar-refractivity contribution in [1.82, 2.24) is 29.6 Å².